The lowest BCUT2D eigenvalue weighted by Crippen LogP contribution is -2.23. The minimum atomic E-state index is 0.109. The Balaban J connectivity index is 2.58. The van der Waals surface area contributed by atoms with Gasteiger partial charge in [0.2, 0.25) is 0 Å². The Bertz CT molecular complexity index is 410. The zero-order valence-corrected chi connectivity index (χ0v) is 9.86. The van der Waals surface area contributed by atoms with Gasteiger partial charge in [-0.1, -0.05) is 0 Å². The van der Waals surface area contributed by atoms with Crippen LogP contribution in [-0.4, -0.2) is 36.6 Å². The van der Waals surface area contributed by atoms with E-state index in [1.807, 2.05) is 14.1 Å². The van der Waals surface area contributed by atoms with E-state index in [9.17, 15) is 0 Å². The van der Waals surface area contributed by atoms with E-state index in [-0.39, 0.29) is 5.11 Å². The highest BCUT2D eigenvalue weighted by atomic mass is 32.1. The average molecular weight is 239 g/mol. The van der Waals surface area contributed by atoms with Crippen molar-refractivity contribution >= 4 is 29.8 Å². The molecule has 1 aromatic heterocycles. The van der Waals surface area contributed by atoms with Gasteiger partial charge in [-0.25, -0.2) is 0 Å². The van der Waals surface area contributed by atoms with Crippen molar-refractivity contribution < 1.29 is 4.42 Å². The average Bonchev–Trinajstić information content (AvgIpc) is 2.62. The van der Waals surface area contributed by atoms with Gasteiger partial charge < -0.3 is 15.2 Å². The van der Waals surface area contributed by atoms with E-state index < -0.39 is 0 Å². The number of furan rings is 1. The summed E-state index contributed by atoms with van der Waals surface area (Å²) in [5.74, 6) is 1.23. The van der Waals surface area contributed by atoms with Gasteiger partial charge in [-0.3, -0.25) is 5.43 Å². The van der Waals surface area contributed by atoms with Crippen LogP contribution >= 0.6 is 12.2 Å². The first-order valence-corrected chi connectivity index (χ1v) is 4.88. The summed E-state index contributed by atoms with van der Waals surface area (Å²) < 4.78 is 5.37. The van der Waals surface area contributed by atoms with Crippen molar-refractivity contribution in [3.63, 3.8) is 0 Å². The van der Waals surface area contributed by atoms with E-state index in [4.69, 9.17) is 10.2 Å². The third kappa shape index (κ3) is 4.56. The van der Waals surface area contributed by atoms with E-state index in [1.165, 1.54) is 6.21 Å². The third-order valence-electron chi connectivity index (χ3n) is 1.43. The molecule has 0 spiro atoms. The number of hydrogen-bond donors (Lipinski definition) is 2. The van der Waals surface area contributed by atoms with Crippen molar-refractivity contribution in [2.75, 3.05) is 14.1 Å². The van der Waals surface area contributed by atoms with Crippen LogP contribution in [0.4, 0.5) is 0 Å². The standard InChI is InChI=1S/C9H13N5OS/c1-14(2)12-6-8-4-3-7(15-8)5-11-13-9(10)16/h3-6H,1-2H3,(H3,10,13,16)/b11-5+,12-6+. The molecule has 7 heteroatoms. The highest BCUT2D eigenvalue weighted by Gasteiger charge is 1.96. The molecule has 1 heterocycles. The van der Waals surface area contributed by atoms with Crippen LogP contribution in [0.15, 0.2) is 26.8 Å². The highest BCUT2D eigenvalue weighted by molar-refractivity contribution is 7.80. The van der Waals surface area contributed by atoms with Crippen LogP contribution in [0.3, 0.4) is 0 Å². The molecule has 0 aliphatic heterocycles. The summed E-state index contributed by atoms with van der Waals surface area (Å²) in [6, 6.07) is 3.55. The summed E-state index contributed by atoms with van der Waals surface area (Å²) in [4.78, 5) is 0. The summed E-state index contributed by atoms with van der Waals surface area (Å²) in [7, 11) is 3.65. The second-order valence-electron chi connectivity index (χ2n) is 3.07. The molecule has 0 aliphatic carbocycles. The van der Waals surface area contributed by atoms with Crippen molar-refractivity contribution in [1.82, 2.24) is 10.4 Å². The largest absolute Gasteiger partial charge is 0.454 e. The molecule has 0 amide bonds. The molecular weight excluding hydrogens is 226 g/mol. The number of hydrazone groups is 2. The number of hydrogen-bond acceptors (Lipinski definition) is 5. The van der Waals surface area contributed by atoms with Gasteiger partial charge in [0, 0.05) is 14.1 Å². The van der Waals surface area contributed by atoms with E-state index in [0.717, 1.165) is 0 Å². The number of rotatable bonds is 4. The number of nitrogens with one attached hydrogen (secondary N) is 1. The van der Waals surface area contributed by atoms with Crippen molar-refractivity contribution in [3.05, 3.63) is 23.7 Å². The topological polar surface area (TPSA) is 79.2 Å². The van der Waals surface area contributed by atoms with Crippen LogP contribution < -0.4 is 11.2 Å². The minimum Gasteiger partial charge on any atom is -0.454 e. The molecule has 0 saturated carbocycles. The Hall–Kier alpha value is -1.89. The maximum Gasteiger partial charge on any atom is 0.184 e. The summed E-state index contributed by atoms with van der Waals surface area (Å²) in [6.45, 7) is 0. The number of nitrogens with zero attached hydrogens (tertiary/aromatic N) is 3. The van der Waals surface area contributed by atoms with Gasteiger partial charge in [-0.2, -0.15) is 10.2 Å². The smallest absolute Gasteiger partial charge is 0.184 e. The molecule has 1 aromatic rings. The Labute approximate surface area is 98.8 Å². The molecule has 0 bridgehead atoms. The fourth-order valence-electron chi connectivity index (χ4n) is 0.839. The van der Waals surface area contributed by atoms with Gasteiger partial charge in [-0.15, -0.1) is 0 Å². The van der Waals surface area contributed by atoms with Crippen LogP contribution in [0.1, 0.15) is 11.5 Å². The first-order chi connectivity index (χ1) is 7.58. The molecule has 0 radical (unpaired) electrons. The second kappa shape index (κ2) is 5.86. The lowest BCUT2D eigenvalue weighted by molar-refractivity contribution is 0.438. The number of thiocarbonyl (C=S) groups is 1. The molecule has 0 saturated heterocycles. The fourth-order valence-corrected chi connectivity index (χ4v) is 0.892. The molecule has 0 unspecified atom stereocenters. The van der Waals surface area contributed by atoms with Gasteiger partial charge in [-0.05, 0) is 24.4 Å². The van der Waals surface area contributed by atoms with Crippen molar-refractivity contribution in [2.45, 2.75) is 0 Å². The Kier molecular flexibility index (Phi) is 4.46. The quantitative estimate of drug-likeness (QED) is 0.450. The third-order valence-corrected chi connectivity index (χ3v) is 1.52. The fraction of sp³-hybridized carbons (Fsp3) is 0.222. The zero-order valence-electron chi connectivity index (χ0n) is 9.04. The second-order valence-corrected chi connectivity index (χ2v) is 3.51. The van der Waals surface area contributed by atoms with Crippen molar-refractivity contribution in [2.24, 2.45) is 15.9 Å². The first kappa shape index (κ1) is 12.2. The van der Waals surface area contributed by atoms with E-state index in [1.54, 1.807) is 23.4 Å². The van der Waals surface area contributed by atoms with E-state index >= 15 is 0 Å². The Morgan fingerprint density at radius 2 is 2.06 bits per heavy atom. The molecule has 3 N–H and O–H groups in total. The van der Waals surface area contributed by atoms with Crippen molar-refractivity contribution in [1.29, 1.82) is 0 Å². The Morgan fingerprint density at radius 1 is 1.44 bits per heavy atom. The van der Waals surface area contributed by atoms with Crippen LogP contribution in [-0.2, 0) is 0 Å². The zero-order chi connectivity index (χ0) is 12.0. The Morgan fingerprint density at radius 3 is 2.62 bits per heavy atom. The van der Waals surface area contributed by atoms with Crippen LogP contribution in [0, 0.1) is 0 Å². The summed E-state index contributed by atoms with van der Waals surface area (Å²) in [5, 5.41) is 9.57. The van der Waals surface area contributed by atoms with Gasteiger partial charge in [0.25, 0.3) is 0 Å². The van der Waals surface area contributed by atoms with Crippen LogP contribution in [0.2, 0.25) is 0 Å². The molecule has 0 atom stereocenters. The van der Waals surface area contributed by atoms with E-state index in [0.29, 0.717) is 11.5 Å². The van der Waals surface area contributed by atoms with Crippen LogP contribution in [0.5, 0.6) is 0 Å². The highest BCUT2D eigenvalue weighted by Crippen LogP contribution is 2.03. The SMILES string of the molecule is CN(C)/N=C/c1ccc(/C=N/NC(N)=S)o1. The predicted octanol–water partition coefficient (Wildman–Crippen LogP) is 0.342. The van der Waals surface area contributed by atoms with Gasteiger partial charge in [0.05, 0.1) is 12.4 Å². The normalized spacial score (nSPS) is 11.1. The maximum atomic E-state index is 5.37. The molecule has 6 nitrogen and oxygen atoms in total. The van der Waals surface area contributed by atoms with Gasteiger partial charge in [0.15, 0.2) is 5.11 Å². The van der Waals surface area contributed by atoms with Crippen molar-refractivity contribution in [3.8, 4) is 0 Å². The molecular formula is C9H13N5OS. The maximum absolute atomic E-state index is 5.37. The molecule has 0 aliphatic rings. The summed E-state index contributed by atoms with van der Waals surface area (Å²) >= 11 is 4.58. The number of nitrogens with two attached hydrogens (primary N) is 1. The molecule has 0 fully saturated rings. The minimum absolute atomic E-state index is 0.109. The van der Waals surface area contributed by atoms with E-state index in [2.05, 4.69) is 27.8 Å². The first-order valence-electron chi connectivity index (χ1n) is 4.47. The summed E-state index contributed by atoms with van der Waals surface area (Å²) in [6.07, 6.45) is 3.09. The predicted molar refractivity (Wildman–Crippen MR) is 67.5 cm³/mol. The summed E-state index contributed by atoms with van der Waals surface area (Å²) in [5.41, 5.74) is 7.62. The molecule has 1 rings (SSSR count). The molecule has 0 aromatic carbocycles. The lowest BCUT2D eigenvalue weighted by Gasteiger charge is -2.00. The van der Waals surface area contributed by atoms with Crippen LogP contribution in [0.25, 0.3) is 0 Å². The van der Waals surface area contributed by atoms with Gasteiger partial charge in [0.1, 0.15) is 11.5 Å². The molecule has 16 heavy (non-hydrogen) atoms. The molecule has 86 valence electrons. The lowest BCUT2D eigenvalue weighted by atomic mass is 10.4. The monoisotopic (exact) mass is 239 g/mol. The van der Waals surface area contributed by atoms with Gasteiger partial charge >= 0.3 is 0 Å².